The largest absolute Gasteiger partial charge is 0.371 e. The first-order chi connectivity index (χ1) is 7.59. The Balaban J connectivity index is 1.84. The van der Waals surface area contributed by atoms with E-state index in [-0.39, 0.29) is 24.6 Å². The van der Waals surface area contributed by atoms with E-state index in [1.54, 1.807) is 0 Å². The Morgan fingerprint density at radius 1 is 1.38 bits per heavy atom. The maximum absolute atomic E-state index is 5.86. The van der Waals surface area contributed by atoms with E-state index < -0.39 is 5.79 Å². The normalized spacial score (nSPS) is 45.1. The summed E-state index contributed by atoms with van der Waals surface area (Å²) in [7, 11) is 0. The van der Waals surface area contributed by atoms with Crippen molar-refractivity contribution in [3.8, 4) is 0 Å². The van der Waals surface area contributed by atoms with Gasteiger partial charge in [0.2, 0.25) is 0 Å². The highest BCUT2D eigenvalue weighted by atomic mass is 16.8. The molecule has 0 spiro atoms. The predicted octanol–water partition coefficient (Wildman–Crippen LogP) is 1.60. The molecule has 4 heteroatoms. The van der Waals surface area contributed by atoms with Crippen molar-refractivity contribution in [1.29, 1.82) is 0 Å². The van der Waals surface area contributed by atoms with Gasteiger partial charge in [0, 0.05) is 0 Å². The number of hydrogen-bond acceptors (Lipinski definition) is 4. The van der Waals surface area contributed by atoms with E-state index in [1.165, 1.54) is 5.57 Å². The van der Waals surface area contributed by atoms with Gasteiger partial charge < -0.3 is 18.9 Å². The molecule has 4 atom stereocenters. The minimum atomic E-state index is -0.541. The van der Waals surface area contributed by atoms with Gasteiger partial charge in [-0.15, -0.1) is 0 Å². The van der Waals surface area contributed by atoms with E-state index in [0.29, 0.717) is 6.61 Å². The monoisotopic (exact) mass is 226 g/mol. The molecule has 2 saturated heterocycles. The van der Waals surface area contributed by atoms with Crippen LogP contribution in [0, 0.1) is 0 Å². The molecule has 16 heavy (non-hydrogen) atoms. The van der Waals surface area contributed by atoms with Crippen molar-refractivity contribution in [2.45, 2.75) is 57.6 Å². The van der Waals surface area contributed by atoms with Crippen LogP contribution in [0.5, 0.6) is 0 Å². The zero-order valence-corrected chi connectivity index (χ0v) is 9.93. The molecule has 4 nitrogen and oxygen atoms in total. The van der Waals surface area contributed by atoms with Crippen LogP contribution < -0.4 is 0 Å². The topological polar surface area (TPSA) is 36.9 Å². The van der Waals surface area contributed by atoms with Crippen LogP contribution in [0.2, 0.25) is 0 Å². The van der Waals surface area contributed by atoms with Crippen LogP contribution in [0.4, 0.5) is 0 Å². The smallest absolute Gasteiger partial charge is 0.191 e. The quantitative estimate of drug-likeness (QED) is 0.636. The van der Waals surface area contributed by atoms with Gasteiger partial charge in [-0.2, -0.15) is 0 Å². The molecule has 0 aromatic carbocycles. The molecule has 0 aromatic rings. The molecular weight excluding hydrogens is 208 g/mol. The van der Waals surface area contributed by atoms with Crippen molar-refractivity contribution >= 4 is 0 Å². The standard InChI is InChI=1S/C12H18O4/c1-4-7-5-8-9(6-13-7)14-11-10(8)15-12(2,3)16-11/h5,7,9-11H,4,6H2,1-3H3/t7?,9-,10-,11-/m1/s1. The average molecular weight is 226 g/mol. The van der Waals surface area contributed by atoms with Gasteiger partial charge in [-0.05, 0) is 25.8 Å². The summed E-state index contributed by atoms with van der Waals surface area (Å²) < 4.78 is 23.0. The van der Waals surface area contributed by atoms with Crippen molar-refractivity contribution in [3.63, 3.8) is 0 Å². The molecular formula is C12H18O4. The van der Waals surface area contributed by atoms with Gasteiger partial charge in [0.05, 0.1) is 12.7 Å². The maximum Gasteiger partial charge on any atom is 0.191 e. The lowest BCUT2D eigenvalue weighted by Gasteiger charge is -2.27. The SMILES string of the molecule is CCC1C=C2[C@H]3OC(C)(C)O[C@H]3O[C@@H]2CO1. The van der Waals surface area contributed by atoms with Crippen molar-refractivity contribution in [2.75, 3.05) is 6.61 Å². The molecule has 0 amide bonds. The van der Waals surface area contributed by atoms with E-state index in [0.717, 1.165) is 6.42 Å². The Labute approximate surface area is 95.5 Å². The molecule has 0 radical (unpaired) electrons. The molecule has 2 fully saturated rings. The molecule has 0 bridgehead atoms. The molecule has 0 N–H and O–H groups in total. The first-order valence-electron chi connectivity index (χ1n) is 5.93. The zero-order chi connectivity index (χ0) is 11.3. The number of rotatable bonds is 1. The second-order valence-electron chi connectivity index (χ2n) is 5.00. The van der Waals surface area contributed by atoms with E-state index >= 15 is 0 Å². The number of ether oxygens (including phenoxy) is 4. The van der Waals surface area contributed by atoms with Crippen LogP contribution in [0.1, 0.15) is 27.2 Å². The molecule has 0 saturated carbocycles. The van der Waals surface area contributed by atoms with E-state index in [4.69, 9.17) is 18.9 Å². The van der Waals surface area contributed by atoms with Gasteiger partial charge in [-0.25, -0.2) is 0 Å². The highest BCUT2D eigenvalue weighted by Crippen LogP contribution is 2.42. The Kier molecular flexibility index (Phi) is 2.37. The first-order valence-corrected chi connectivity index (χ1v) is 5.93. The van der Waals surface area contributed by atoms with Gasteiger partial charge in [0.15, 0.2) is 12.1 Å². The molecule has 3 heterocycles. The summed E-state index contributed by atoms with van der Waals surface area (Å²) in [6.07, 6.45) is 3.04. The average Bonchev–Trinajstić information content (AvgIpc) is 2.69. The minimum Gasteiger partial charge on any atom is -0.371 e. The third kappa shape index (κ3) is 1.61. The Bertz CT molecular complexity index is 323. The van der Waals surface area contributed by atoms with Gasteiger partial charge in [-0.3, -0.25) is 0 Å². The second kappa shape index (κ2) is 3.53. The molecule has 3 aliphatic heterocycles. The fourth-order valence-corrected chi connectivity index (χ4v) is 2.53. The molecule has 3 rings (SSSR count). The zero-order valence-electron chi connectivity index (χ0n) is 9.93. The van der Waals surface area contributed by atoms with Crippen molar-refractivity contribution < 1.29 is 18.9 Å². The fourth-order valence-electron chi connectivity index (χ4n) is 2.53. The second-order valence-corrected chi connectivity index (χ2v) is 5.00. The summed E-state index contributed by atoms with van der Waals surface area (Å²) in [5.41, 5.74) is 1.20. The third-order valence-electron chi connectivity index (χ3n) is 3.30. The molecule has 3 aliphatic rings. The lowest BCUT2D eigenvalue weighted by Crippen LogP contribution is -2.32. The van der Waals surface area contributed by atoms with Crippen LogP contribution in [-0.4, -0.2) is 37.0 Å². The summed E-state index contributed by atoms with van der Waals surface area (Å²) in [5, 5.41) is 0. The van der Waals surface area contributed by atoms with Gasteiger partial charge >= 0.3 is 0 Å². The Hall–Kier alpha value is -0.420. The molecule has 1 unspecified atom stereocenters. The number of fused-ring (bicyclic) bond motifs is 3. The van der Waals surface area contributed by atoms with E-state index in [1.807, 2.05) is 13.8 Å². The van der Waals surface area contributed by atoms with Crippen molar-refractivity contribution in [1.82, 2.24) is 0 Å². The lowest BCUT2D eigenvalue weighted by atomic mass is 10.0. The highest BCUT2D eigenvalue weighted by Gasteiger charge is 2.52. The molecule has 0 aliphatic carbocycles. The van der Waals surface area contributed by atoms with Gasteiger partial charge in [-0.1, -0.05) is 13.0 Å². The van der Waals surface area contributed by atoms with Crippen molar-refractivity contribution in [3.05, 3.63) is 11.6 Å². The van der Waals surface area contributed by atoms with Crippen LogP contribution >= 0.6 is 0 Å². The van der Waals surface area contributed by atoms with Crippen LogP contribution in [0.3, 0.4) is 0 Å². The summed E-state index contributed by atoms with van der Waals surface area (Å²) in [6.45, 7) is 6.57. The minimum absolute atomic E-state index is 0.0221. The van der Waals surface area contributed by atoms with Gasteiger partial charge in [0.1, 0.15) is 12.2 Å². The number of hydrogen-bond donors (Lipinski definition) is 0. The summed E-state index contributed by atoms with van der Waals surface area (Å²) in [4.78, 5) is 0. The molecule has 0 aromatic heterocycles. The summed E-state index contributed by atoms with van der Waals surface area (Å²) in [6, 6.07) is 0. The Morgan fingerprint density at radius 3 is 2.94 bits per heavy atom. The summed E-state index contributed by atoms with van der Waals surface area (Å²) >= 11 is 0. The van der Waals surface area contributed by atoms with Crippen molar-refractivity contribution in [2.24, 2.45) is 0 Å². The summed E-state index contributed by atoms with van der Waals surface area (Å²) in [5.74, 6) is -0.541. The molecule has 90 valence electrons. The van der Waals surface area contributed by atoms with E-state index in [9.17, 15) is 0 Å². The van der Waals surface area contributed by atoms with Gasteiger partial charge in [0.25, 0.3) is 0 Å². The fraction of sp³-hybridized carbons (Fsp3) is 0.833. The van der Waals surface area contributed by atoms with Crippen LogP contribution in [0.15, 0.2) is 11.6 Å². The van der Waals surface area contributed by atoms with Crippen LogP contribution in [-0.2, 0) is 18.9 Å². The third-order valence-corrected chi connectivity index (χ3v) is 3.30. The van der Waals surface area contributed by atoms with E-state index in [2.05, 4.69) is 13.0 Å². The predicted molar refractivity (Wildman–Crippen MR) is 56.8 cm³/mol. The highest BCUT2D eigenvalue weighted by molar-refractivity contribution is 5.24. The Morgan fingerprint density at radius 2 is 2.19 bits per heavy atom. The van der Waals surface area contributed by atoms with Crippen LogP contribution in [0.25, 0.3) is 0 Å². The lowest BCUT2D eigenvalue weighted by molar-refractivity contribution is -0.206. The first kappa shape index (κ1) is 10.7. The maximum atomic E-state index is 5.86.